The van der Waals surface area contributed by atoms with Gasteiger partial charge < -0.3 is 15.4 Å². The van der Waals surface area contributed by atoms with Gasteiger partial charge in [-0.15, -0.1) is 0 Å². The van der Waals surface area contributed by atoms with Crippen LogP contribution in [0, 0.1) is 0 Å². The van der Waals surface area contributed by atoms with Gasteiger partial charge in [-0.25, -0.2) is 0 Å². The quantitative estimate of drug-likeness (QED) is 0.894. The molecule has 1 fully saturated rings. The van der Waals surface area contributed by atoms with E-state index < -0.39 is 11.5 Å². The number of nitrogens with two attached hydrogens (primary N) is 1. The average molecular weight is 299 g/mol. The Bertz CT molecular complexity index is 741. The van der Waals surface area contributed by atoms with E-state index in [1.165, 1.54) is 0 Å². The average Bonchev–Trinajstić information content (AvgIpc) is 2.53. The topological polar surface area (TPSA) is 85.5 Å². The molecule has 114 valence electrons. The van der Waals surface area contributed by atoms with Crippen LogP contribution in [0.3, 0.4) is 0 Å². The van der Waals surface area contributed by atoms with Gasteiger partial charge in [0.05, 0.1) is 24.2 Å². The SMILES string of the molecule is CC1(C(N)=O)CN(C(=O)c2cccc3cccnc23)CCO1. The number of para-hydroxylation sites is 1. The molecule has 6 nitrogen and oxygen atoms in total. The standard InChI is InChI=1S/C16H17N3O3/c1-16(15(17)21)10-19(8-9-22-16)14(20)12-6-2-4-11-5-3-7-18-13(11)12/h2-7H,8-10H2,1H3,(H2,17,21). The fraction of sp³-hybridized carbons (Fsp3) is 0.312. The third-order valence-corrected chi connectivity index (χ3v) is 3.95. The molecule has 3 rings (SSSR count). The molecule has 2 amide bonds. The summed E-state index contributed by atoms with van der Waals surface area (Å²) >= 11 is 0. The zero-order chi connectivity index (χ0) is 15.7. The maximum atomic E-state index is 12.8. The fourth-order valence-corrected chi connectivity index (χ4v) is 2.64. The third-order valence-electron chi connectivity index (χ3n) is 3.95. The van der Waals surface area contributed by atoms with Crippen molar-refractivity contribution >= 4 is 22.7 Å². The summed E-state index contributed by atoms with van der Waals surface area (Å²) in [5, 5.41) is 0.902. The summed E-state index contributed by atoms with van der Waals surface area (Å²) in [5.41, 5.74) is 5.41. The lowest BCUT2D eigenvalue weighted by Crippen LogP contribution is -2.58. The second-order valence-electron chi connectivity index (χ2n) is 5.55. The monoisotopic (exact) mass is 299 g/mol. The molecule has 1 unspecified atom stereocenters. The number of carbonyl (C=O) groups excluding carboxylic acids is 2. The minimum absolute atomic E-state index is 0.143. The van der Waals surface area contributed by atoms with E-state index in [4.69, 9.17) is 10.5 Å². The van der Waals surface area contributed by atoms with Crippen LogP contribution in [0.2, 0.25) is 0 Å². The number of nitrogens with zero attached hydrogens (tertiary/aromatic N) is 2. The van der Waals surface area contributed by atoms with E-state index in [9.17, 15) is 9.59 Å². The molecular formula is C16H17N3O3. The van der Waals surface area contributed by atoms with Crippen molar-refractivity contribution in [3.05, 3.63) is 42.1 Å². The smallest absolute Gasteiger partial charge is 0.256 e. The van der Waals surface area contributed by atoms with Crippen molar-refractivity contribution in [1.82, 2.24) is 9.88 Å². The summed E-state index contributed by atoms with van der Waals surface area (Å²) in [7, 11) is 0. The molecule has 0 aliphatic carbocycles. The van der Waals surface area contributed by atoms with Gasteiger partial charge in [0.1, 0.15) is 0 Å². The number of pyridine rings is 1. The number of morpholine rings is 1. The van der Waals surface area contributed by atoms with Gasteiger partial charge >= 0.3 is 0 Å². The highest BCUT2D eigenvalue weighted by Gasteiger charge is 2.39. The lowest BCUT2D eigenvalue weighted by Gasteiger charge is -2.38. The molecule has 1 aliphatic rings. The first-order valence-corrected chi connectivity index (χ1v) is 7.08. The number of ether oxygens (including phenoxy) is 1. The van der Waals surface area contributed by atoms with Crippen LogP contribution in [0.15, 0.2) is 36.5 Å². The number of hydrogen-bond donors (Lipinski definition) is 1. The molecule has 0 radical (unpaired) electrons. The summed E-state index contributed by atoms with van der Waals surface area (Å²) in [6.07, 6.45) is 1.66. The molecule has 1 saturated heterocycles. The number of aromatic nitrogens is 1. The second kappa shape index (κ2) is 5.38. The van der Waals surface area contributed by atoms with Gasteiger partial charge in [-0.3, -0.25) is 14.6 Å². The molecule has 1 atom stereocenters. The minimum atomic E-state index is -1.15. The molecule has 1 aliphatic heterocycles. The van der Waals surface area contributed by atoms with Gasteiger partial charge in [0.2, 0.25) is 0 Å². The predicted molar refractivity (Wildman–Crippen MR) is 81.2 cm³/mol. The number of rotatable bonds is 2. The van der Waals surface area contributed by atoms with Crippen LogP contribution in [-0.4, -0.2) is 47.0 Å². The first-order chi connectivity index (χ1) is 10.5. The molecule has 6 heteroatoms. The molecule has 2 heterocycles. The summed E-state index contributed by atoms with van der Waals surface area (Å²) in [6, 6.07) is 9.22. The number of carbonyl (C=O) groups is 2. The van der Waals surface area contributed by atoms with Crippen molar-refractivity contribution in [1.29, 1.82) is 0 Å². The molecule has 0 bridgehead atoms. The molecule has 0 spiro atoms. The van der Waals surface area contributed by atoms with Gasteiger partial charge in [-0.1, -0.05) is 18.2 Å². The van der Waals surface area contributed by atoms with Crippen molar-refractivity contribution in [2.75, 3.05) is 19.7 Å². The van der Waals surface area contributed by atoms with Crippen LogP contribution >= 0.6 is 0 Å². The normalized spacial score (nSPS) is 21.8. The van der Waals surface area contributed by atoms with Crippen molar-refractivity contribution in [3.8, 4) is 0 Å². The van der Waals surface area contributed by atoms with Crippen molar-refractivity contribution in [3.63, 3.8) is 0 Å². The van der Waals surface area contributed by atoms with E-state index in [2.05, 4.69) is 4.98 Å². The predicted octanol–water partition coefficient (Wildman–Crippen LogP) is 0.951. The number of benzene rings is 1. The Morgan fingerprint density at radius 1 is 1.32 bits per heavy atom. The zero-order valence-electron chi connectivity index (χ0n) is 12.3. The summed E-state index contributed by atoms with van der Waals surface area (Å²) in [4.78, 5) is 30.2. The number of amides is 2. The summed E-state index contributed by atoms with van der Waals surface area (Å²) in [5.74, 6) is -0.735. The molecule has 22 heavy (non-hydrogen) atoms. The van der Waals surface area contributed by atoms with Crippen LogP contribution in [-0.2, 0) is 9.53 Å². The third kappa shape index (κ3) is 2.42. The Morgan fingerprint density at radius 2 is 2.09 bits per heavy atom. The van der Waals surface area contributed by atoms with E-state index in [1.807, 2.05) is 24.3 Å². The van der Waals surface area contributed by atoms with Crippen LogP contribution in [0.5, 0.6) is 0 Å². The fourth-order valence-electron chi connectivity index (χ4n) is 2.64. The van der Waals surface area contributed by atoms with E-state index in [-0.39, 0.29) is 19.1 Å². The van der Waals surface area contributed by atoms with Crippen LogP contribution in [0.4, 0.5) is 0 Å². The zero-order valence-corrected chi connectivity index (χ0v) is 12.3. The van der Waals surface area contributed by atoms with Crippen molar-refractivity contribution in [2.24, 2.45) is 5.73 Å². The summed E-state index contributed by atoms with van der Waals surface area (Å²) < 4.78 is 5.45. The molecule has 2 N–H and O–H groups in total. The largest absolute Gasteiger partial charge is 0.367 e. The molecule has 0 saturated carbocycles. The van der Waals surface area contributed by atoms with Gasteiger partial charge in [-0.2, -0.15) is 0 Å². The Balaban J connectivity index is 1.94. The highest BCUT2D eigenvalue weighted by atomic mass is 16.5. The first-order valence-electron chi connectivity index (χ1n) is 7.08. The van der Waals surface area contributed by atoms with Gasteiger partial charge in [-0.05, 0) is 19.1 Å². The molecular weight excluding hydrogens is 282 g/mol. The Morgan fingerprint density at radius 3 is 2.86 bits per heavy atom. The second-order valence-corrected chi connectivity index (χ2v) is 5.55. The number of fused-ring (bicyclic) bond motifs is 1. The Kier molecular flexibility index (Phi) is 3.54. The van der Waals surface area contributed by atoms with E-state index in [0.717, 1.165) is 5.39 Å². The number of primary amides is 1. The van der Waals surface area contributed by atoms with Gasteiger partial charge in [0.25, 0.3) is 11.8 Å². The lowest BCUT2D eigenvalue weighted by atomic mass is 10.0. The van der Waals surface area contributed by atoms with Crippen LogP contribution in [0.25, 0.3) is 10.9 Å². The lowest BCUT2D eigenvalue weighted by molar-refractivity contribution is -0.150. The Labute approximate surface area is 127 Å². The minimum Gasteiger partial charge on any atom is -0.367 e. The van der Waals surface area contributed by atoms with E-state index in [1.54, 1.807) is 24.1 Å². The number of hydrogen-bond acceptors (Lipinski definition) is 4. The first kappa shape index (κ1) is 14.5. The summed E-state index contributed by atoms with van der Waals surface area (Å²) in [6.45, 7) is 2.45. The Hall–Kier alpha value is -2.47. The van der Waals surface area contributed by atoms with Crippen molar-refractivity contribution in [2.45, 2.75) is 12.5 Å². The van der Waals surface area contributed by atoms with Crippen molar-refractivity contribution < 1.29 is 14.3 Å². The maximum absolute atomic E-state index is 12.8. The van der Waals surface area contributed by atoms with E-state index >= 15 is 0 Å². The highest BCUT2D eigenvalue weighted by Crippen LogP contribution is 2.22. The highest BCUT2D eigenvalue weighted by molar-refractivity contribution is 6.05. The molecule has 2 aromatic rings. The van der Waals surface area contributed by atoms with Gasteiger partial charge in [0.15, 0.2) is 5.60 Å². The van der Waals surface area contributed by atoms with Crippen LogP contribution < -0.4 is 5.73 Å². The maximum Gasteiger partial charge on any atom is 0.256 e. The molecule has 1 aromatic heterocycles. The van der Waals surface area contributed by atoms with Gasteiger partial charge in [0, 0.05) is 18.1 Å². The molecule has 1 aromatic carbocycles. The van der Waals surface area contributed by atoms with E-state index in [0.29, 0.717) is 17.6 Å². The van der Waals surface area contributed by atoms with Crippen LogP contribution in [0.1, 0.15) is 17.3 Å².